The molecule has 2 bridgehead atoms. The molecule has 3 aliphatic heterocycles. The van der Waals surface area contributed by atoms with Crippen LogP contribution in [0.5, 0.6) is 0 Å². The van der Waals surface area contributed by atoms with E-state index in [0.29, 0.717) is 10.6 Å². The van der Waals surface area contributed by atoms with Crippen molar-refractivity contribution in [2.75, 3.05) is 0 Å². The smallest absolute Gasteiger partial charge is 0.215 e. The zero-order valence-corrected chi connectivity index (χ0v) is 13.8. The van der Waals surface area contributed by atoms with Crippen LogP contribution in [0.1, 0.15) is 25.5 Å². The number of hydrogen-bond donors (Lipinski definition) is 1. The maximum absolute atomic E-state index is 9.96. The molecule has 1 aromatic carbocycles. The SMILES string of the molecule is C[C@@H]1C(C#N)(C#N)[C@@]2(C#N)C(=N)O[C@@]1(C)O[C@H]2c1ccccc1Cl. The van der Waals surface area contributed by atoms with Crippen LogP contribution in [0.3, 0.4) is 0 Å². The second kappa shape index (κ2) is 4.95. The van der Waals surface area contributed by atoms with Crippen molar-refractivity contribution in [3.8, 4) is 18.2 Å². The van der Waals surface area contributed by atoms with E-state index in [0.717, 1.165) is 0 Å². The van der Waals surface area contributed by atoms with Crippen LogP contribution < -0.4 is 0 Å². The van der Waals surface area contributed by atoms with Gasteiger partial charge in [0.05, 0.1) is 24.1 Å². The molecule has 4 atom stereocenters. The van der Waals surface area contributed by atoms with E-state index in [1.54, 1.807) is 38.1 Å². The second-order valence-electron chi connectivity index (χ2n) is 6.14. The Morgan fingerprint density at radius 2 is 1.79 bits per heavy atom. The number of ether oxygens (including phenoxy) is 2. The van der Waals surface area contributed by atoms with Gasteiger partial charge in [-0.15, -0.1) is 0 Å². The number of nitrogens with one attached hydrogen (secondary N) is 1. The minimum Gasteiger partial charge on any atom is -0.448 e. The van der Waals surface area contributed by atoms with E-state index in [4.69, 9.17) is 26.5 Å². The molecule has 0 saturated carbocycles. The third-order valence-electron chi connectivity index (χ3n) is 5.18. The fourth-order valence-corrected chi connectivity index (χ4v) is 3.87. The first-order valence-corrected chi connectivity index (χ1v) is 7.65. The number of hydrogen-bond acceptors (Lipinski definition) is 6. The molecule has 4 rings (SSSR count). The molecule has 120 valence electrons. The summed E-state index contributed by atoms with van der Waals surface area (Å²) >= 11 is 6.26. The maximum Gasteiger partial charge on any atom is 0.215 e. The van der Waals surface area contributed by atoms with E-state index in [2.05, 4.69) is 0 Å². The average molecular weight is 341 g/mol. The lowest BCUT2D eigenvalue weighted by Gasteiger charge is -2.60. The lowest BCUT2D eigenvalue weighted by Crippen LogP contribution is -2.71. The normalized spacial score (nSPS) is 36.1. The molecule has 3 heterocycles. The Balaban J connectivity index is 2.37. The van der Waals surface area contributed by atoms with E-state index in [-0.39, 0.29) is 0 Å². The Morgan fingerprint density at radius 3 is 2.33 bits per heavy atom. The Labute approximate surface area is 144 Å². The molecule has 0 amide bonds. The highest BCUT2D eigenvalue weighted by atomic mass is 35.5. The van der Waals surface area contributed by atoms with Gasteiger partial charge in [0.2, 0.25) is 11.7 Å². The monoisotopic (exact) mass is 340 g/mol. The largest absolute Gasteiger partial charge is 0.448 e. The number of fused-ring (bicyclic) bond motifs is 3. The topological polar surface area (TPSA) is 114 Å². The summed E-state index contributed by atoms with van der Waals surface area (Å²) in [6, 6.07) is 12.7. The highest BCUT2D eigenvalue weighted by Crippen LogP contribution is 2.66. The highest BCUT2D eigenvalue weighted by Gasteiger charge is 2.78. The molecule has 1 aromatic rings. The van der Waals surface area contributed by atoms with Crippen molar-refractivity contribution in [1.29, 1.82) is 21.2 Å². The van der Waals surface area contributed by atoms with Gasteiger partial charge < -0.3 is 9.47 Å². The van der Waals surface area contributed by atoms with Crippen LogP contribution in [0.25, 0.3) is 0 Å². The fraction of sp³-hybridized carbons (Fsp3) is 0.412. The summed E-state index contributed by atoms with van der Waals surface area (Å²) in [5, 5.41) is 38.2. The summed E-state index contributed by atoms with van der Waals surface area (Å²) in [4.78, 5) is 0. The van der Waals surface area contributed by atoms with Crippen LogP contribution in [-0.4, -0.2) is 11.7 Å². The first kappa shape index (κ1) is 16.3. The average Bonchev–Trinajstić information content (AvgIpc) is 2.57. The van der Waals surface area contributed by atoms with E-state index in [9.17, 15) is 15.8 Å². The van der Waals surface area contributed by atoms with Crippen molar-refractivity contribution in [2.24, 2.45) is 16.7 Å². The summed E-state index contributed by atoms with van der Waals surface area (Å²) in [6.45, 7) is 3.19. The molecule has 3 fully saturated rings. The summed E-state index contributed by atoms with van der Waals surface area (Å²) in [7, 11) is 0. The lowest BCUT2D eigenvalue weighted by molar-refractivity contribution is -0.338. The van der Waals surface area contributed by atoms with Gasteiger partial charge in [0, 0.05) is 17.5 Å². The Bertz CT molecular complexity index is 851. The second-order valence-corrected chi connectivity index (χ2v) is 6.55. The molecule has 3 saturated heterocycles. The van der Waals surface area contributed by atoms with Gasteiger partial charge in [0.1, 0.15) is 6.10 Å². The predicted molar refractivity (Wildman–Crippen MR) is 83.4 cm³/mol. The molecule has 0 spiro atoms. The first-order chi connectivity index (χ1) is 11.3. The van der Waals surface area contributed by atoms with Crippen molar-refractivity contribution < 1.29 is 9.47 Å². The third-order valence-corrected chi connectivity index (χ3v) is 5.53. The summed E-state index contributed by atoms with van der Waals surface area (Å²) in [5.74, 6) is -2.57. The summed E-state index contributed by atoms with van der Waals surface area (Å²) in [5.41, 5.74) is -3.26. The van der Waals surface area contributed by atoms with Crippen LogP contribution in [0.2, 0.25) is 5.02 Å². The molecule has 0 aliphatic carbocycles. The van der Waals surface area contributed by atoms with Crippen molar-refractivity contribution >= 4 is 17.5 Å². The Morgan fingerprint density at radius 1 is 1.17 bits per heavy atom. The first-order valence-electron chi connectivity index (χ1n) is 7.27. The zero-order valence-electron chi connectivity index (χ0n) is 13.0. The van der Waals surface area contributed by atoms with Crippen LogP contribution >= 0.6 is 11.6 Å². The van der Waals surface area contributed by atoms with Gasteiger partial charge in [0.15, 0.2) is 10.8 Å². The summed E-state index contributed by atoms with van der Waals surface area (Å²) in [6.07, 6.45) is -1.06. The van der Waals surface area contributed by atoms with Crippen molar-refractivity contribution in [2.45, 2.75) is 25.7 Å². The van der Waals surface area contributed by atoms with Gasteiger partial charge in [-0.3, -0.25) is 5.41 Å². The minimum atomic E-state index is -1.90. The van der Waals surface area contributed by atoms with Gasteiger partial charge >= 0.3 is 0 Å². The highest BCUT2D eigenvalue weighted by molar-refractivity contribution is 6.31. The maximum atomic E-state index is 9.96. The molecule has 0 radical (unpaired) electrons. The molecule has 1 N–H and O–H groups in total. The Hall–Kier alpha value is -2.59. The van der Waals surface area contributed by atoms with Crippen molar-refractivity contribution in [3.63, 3.8) is 0 Å². The van der Waals surface area contributed by atoms with E-state index in [1.807, 2.05) is 18.2 Å². The van der Waals surface area contributed by atoms with Crippen molar-refractivity contribution in [1.82, 2.24) is 0 Å². The van der Waals surface area contributed by atoms with Gasteiger partial charge in [-0.1, -0.05) is 36.7 Å². The Kier molecular flexibility index (Phi) is 3.36. The van der Waals surface area contributed by atoms with Crippen LogP contribution in [0.15, 0.2) is 24.3 Å². The zero-order chi connectivity index (χ0) is 17.8. The molecule has 0 aromatic heterocycles. The van der Waals surface area contributed by atoms with Crippen LogP contribution in [0, 0.1) is 56.2 Å². The lowest BCUT2D eigenvalue weighted by atomic mass is 9.51. The minimum absolute atomic E-state index is 0.332. The molecule has 0 unspecified atom stereocenters. The molecular formula is C17H13ClN4O2. The van der Waals surface area contributed by atoms with Gasteiger partial charge in [-0.05, 0) is 6.07 Å². The van der Waals surface area contributed by atoms with E-state index >= 15 is 0 Å². The standard InChI is InChI=1S/C17H13ClN4O2/c1-10-15(2)23-13(11-5-3-4-6-12(11)18)17(9-21,14(22)24-15)16(10,7-19)8-20/h3-6,10,13,22H,1-2H3/t10-,13-,15+,17+/m0/s1. The number of halogens is 1. The molecule has 3 aliphatic rings. The van der Waals surface area contributed by atoms with Crippen LogP contribution in [0.4, 0.5) is 0 Å². The number of nitrogens with zero attached hydrogens (tertiary/aromatic N) is 3. The number of rotatable bonds is 1. The predicted octanol–water partition coefficient (Wildman–Crippen LogP) is 3.31. The molecule has 7 heteroatoms. The fourth-order valence-electron chi connectivity index (χ4n) is 3.64. The third kappa shape index (κ3) is 1.59. The van der Waals surface area contributed by atoms with Gasteiger partial charge in [-0.25, -0.2) is 0 Å². The van der Waals surface area contributed by atoms with Crippen molar-refractivity contribution in [3.05, 3.63) is 34.9 Å². The molecule has 6 nitrogen and oxygen atoms in total. The number of benzene rings is 1. The number of nitriles is 3. The van der Waals surface area contributed by atoms with E-state index < -0.39 is 34.5 Å². The van der Waals surface area contributed by atoms with Gasteiger partial charge in [-0.2, -0.15) is 15.8 Å². The summed E-state index contributed by atoms with van der Waals surface area (Å²) < 4.78 is 11.5. The quantitative estimate of drug-likeness (QED) is 0.842. The van der Waals surface area contributed by atoms with Gasteiger partial charge in [0.25, 0.3) is 0 Å². The molecular weight excluding hydrogens is 328 g/mol. The van der Waals surface area contributed by atoms with Crippen LogP contribution in [-0.2, 0) is 9.47 Å². The molecule has 24 heavy (non-hydrogen) atoms. The van der Waals surface area contributed by atoms with E-state index in [1.165, 1.54) is 0 Å².